The van der Waals surface area contributed by atoms with Gasteiger partial charge in [0.1, 0.15) is 0 Å². The van der Waals surface area contributed by atoms with Crippen molar-refractivity contribution >= 4 is 11.6 Å². The fraction of sp³-hybridized carbons (Fsp3) is 0.667. The first-order valence-electron chi connectivity index (χ1n) is 7.82. The van der Waals surface area contributed by atoms with Gasteiger partial charge in [0.25, 0.3) is 0 Å². The van der Waals surface area contributed by atoms with Gasteiger partial charge >= 0.3 is 0 Å². The lowest BCUT2D eigenvalue weighted by Gasteiger charge is -2.33. The number of hydrogen-bond donors (Lipinski definition) is 1. The first-order valence-corrected chi connectivity index (χ1v) is 8.20. The molecule has 0 unspecified atom stereocenters. The minimum atomic E-state index is 0. The van der Waals surface area contributed by atoms with Crippen LogP contribution in [-0.2, 0) is 6.54 Å². The lowest BCUT2D eigenvalue weighted by molar-refractivity contribution is -0.00000738. The Labute approximate surface area is 152 Å². The summed E-state index contributed by atoms with van der Waals surface area (Å²) in [5, 5.41) is 4.20. The predicted molar refractivity (Wildman–Crippen MR) is 94.2 cm³/mol. The Balaban J connectivity index is 0.00000484. The quantitative estimate of drug-likeness (QED) is 0.805. The fourth-order valence-electron chi connectivity index (χ4n) is 2.89. The van der Waals surface area contributed by atoms with E-state index in [0.29, 0.717) is 23.1 Å². The van der Waals surface area contributed by atoms with Crippen molar-refractivity contribution in [2.75, 3.05) is 13.7 Å². The molecule has 0 aliphatic rings. The van der Waals surface area contributed by atoms with Gasteiger partial charge in [-0.1, -0.05) is 32.4 Å². The van der Waals surface area contributed by atoms with Gasteiger partial charge in [0, 0.05) is 12.1 Å². The molecule has 0 saturated heterocycles. The summed E-state index contributed by atoms with van der Waals surface area (Å²) in [4.78, 5) is 0. The molecule has 1 aromatic carbocycles. The van der Waals surface area contributed by atoms with E-state index >= 15 is 0 Å². The van der Waals surface area contributed by atoms with Crippen LogP contribution in [0.25, 0.3) is 0 Å². The topological polar surface area (TPSA) is 30.5 Å². The van der Waals surface area contributed by atoms with Gasteiger partial charge in [0.2, 0.25) is 0 Å². The first-order chi connectivity index (χ1) is 10.1. The summed E-state index contributed by atoms with van der Waals surface area (Å²) in [6.07, 6.45) is 1.09. The SMILES string of the molecule is CCOc1c(Cl)cc(CNC(C)(C)CC(C)(C)C)cc1OC.[Cl-]. The minimum Gasteiger partial charge on any atom is -1.00 e. The minimum absolute atomic E-state index is 0. The molecule has 134 valence electrons. The Morgan fingerprint density at radius 3 is 2.22 bits per heavy atom. The Bertz CT molecular complexity index is 497. The van der Waals surface area contributed by atoms with Crippen molar-refractivity contribution in [1.82, 2.24) is 5.32 Å². The van der Waals surface area contributed by atoms with Crippen molar-refractivity contribution in [2.45, 2.75) is 60.0 Å². The Hall–Kier alpha value is -0.640. The summed E-state index contributed by atoms with van der Waals surface area (Å²) in [5.74, 6) is 1.30. The Morgan fingerprint density at radius 2 is 1.74 bits per heavy atom. The zero-order chi connectivity index (χ0) is 17.0. The Kier molecular flexibility index (Phi) is 8.75. The molecule has 3 nitrogen and oxygen atoms in total. The third kappa shape index (κ3) is 7.65. The second-order valence-corrected chi connectivity index (χ2v) is 7.92. The smallest absolute Gasteiger partial charge is 0.179 e. The number of hydrogen-bond acceptors (Lipinski definition) is 3. The van der Waals surface area contributed by atoms with Gasteiger partial charge in [-0.25, -0.2) is 0 Å². The van der Waals surface area contributed by atoms with Crippen molar-refractivity contribution < 1.29 is 21.9 Å². The summed E-state index contributed by atoms with van der Waals surface area (Å²) in [6, 6.07) is 3.92. The average Bonchev–Trinajstić information content (AvgIpc) is 2.36. The molecular weight excluding hydrogens is 333 g/mol. The van der Waals surface area contributed by atoms with Crippen LogP contribution in [0.3, 0.4) is 0 Å². The van der Waals surface area contributed by atoms with Crippen LogP contribution in [0.5, 0.6) is 11.5 Å². The molecule has 0 atom stereocenters. The third-order valence-corrected chi connectivity index (χ3v) is 3.60. The molecule has 5 heteroatoms. The van der Waals surface area contributed by atoms with Gasteiger partial charge in [-0.3, -0.25) is 0 Å². The van der Waals surface area contributed by atoms with Crippen LogP contribution >= 0.6 is 11.6 Å². The van der Waals surface area contributed by atoms with Gasteiger partial charge in [0.05, 0.1) is 18.7 Å². The molecule has 23 heavy (non-hydrogen) atoms. The largest absolute Gasteiger partial charge is 1.00 e. The maximum absolute atomic E-state index is 6.32. The molecule has 1 rings (SSSR count). The van der Waals surface area contributed by atoms with Gasteiger partial charge in [-0.05, 0) is 50.3 Å². The molecule has 0 bridgehead atoms. The zero-order valence-electron chi connectivity index (χ0n) is 15.3. The summed E-state index contributed by atoms with van der Waals surface area (Å²) in [6.45, 7) is 14.5. The van der Waals surface area contributed by atoms with Crippen molar-refractivity contribution in [2.24, 2.45) is 5.41 Å². The molecule has 0 spiro atoms. The molecule has 0 fully saturated rings. The molecule has 1 aromatic rings. The van der Waals surface area contributed by atoms with E-state index in [9.17, 15) is 0 Å². The number of ether oxygens (including phenoxy) is 2. The standard InChI is InChI=1S/C18H30ClNO2.ClH/c1-8-22-16-14(19)9-13(10-15(16)21-7)11-20-18(5,6)12-17(2,3)4;/h9-10,20H,8,11-12H2,1-7H3;1H/p-1. The first kappa shape index (κ1) is 22.4. The molecule has 0 heterocycles. The summed E-state index contributed by atoms with van der Waals surface area (Å²) in [7, 11) is 1.63. The molecule has 0 aliphatic carbocycles. The van der Waals surface area contributed by atoms with E-state index in [1.807, 2.05) is 19.1 Å². The van der Waals surface area contributed by atoms with E-state index in [1.54, 1.807) is 7.11 Å². The number of rotatable bonds is 7. The second kappa shape index (κ2) is 9.00. The molecular formula is C18H30Cl2NO2-. The van der Waals surface area contributed by atoms with Gasteiger partial charge in [-0.15, -0.1) is 0 Å². The molecule has 0 amide bonds. The maximum Gasteiger partial charge on any atom is 0.179 e. The van der Waals surface area contributed by atoms with E-state index in [1.165, 1.54) is 0 Å². The van der Waals surface area contributed by atoms with Crippen LogP contribution in [0.2, 0.25) is 5.02 Å². The fourth-order valence-corrected chi connectivity index (χ4v) is 3.18. The van der Waals surface area contributed by atoms with Crippen molar-refractivity contribution in [3.63, 3.8) is 0 Å². The van der Waals surface area contributed by atoms with E-state index in [2.05, 4.69) is 39.9 Å². The van der Waals surface area contributed by atoms with Gasteiger partial charge in [-0.2, -0.15) is 0 Å². The van der Waals surface area contributed by atoms with Crippen LogP contribution in [0.4, 0.5) is 0 Å². The van der Waals surface area contributed by atoms with Crippen LogP contribution in [0.1, 0.15) is 53.5 Å². The van der Waals surface area contributed by atoms with Crippen LogP contribution < -0.4 is 27.2 Å². The van der Waals surface area contributed by atoms with Crippen molar-refractivity contribution in [3.8, 4) is 11.5 Å². The summed E-state index contributed by atoms with van der Waals surface area (Å²) < 4.78 is 10.9. The van der Waals surface area contributed by atoms with Crippen molar-refractivity contribution in [3.05, 3.63) is 22.7 Å². The normalized spacial score (nSPS) is 11.8. The number of halogens is 2. The number of nitrogens with one attached hydrogen (secondary N) is 1. The second-order valence-electron chi connectivity index (χ2n) is 7.52. The van der Waals surface area contributed by atoms with E-state index in [4.69, 9.17) is 21.1 Å². The average molecular weight is 363 g/mol. The van der Waals surface area contributed by atoms with Crippen molar-refractivity contribution in [1.29, 1.82) is 0 Å². The van der Waals surface area contributed by atoms with E-state index in [-0.39, 0.29) is 23.4 Å². The van der Waals surface area contributed by atoms with Gasteiger partial charge in [0.15, 0.2) is 11.5 Å². The lowest BCUT2D eigenvalue weighted by atomic mass is 9.82. The number of benzene rings is 1. The highest BCUT2D eigenvalue weighted by atomic mass is 35.5. The summed E-state index contributed by atoms with van der Waals surface area (Å²) >= 11 is 6.32. The Morgan fingerprint density at radius 1 is 1.13 bits per heavy atom. The highest BCUT2D eigenvalue weighted by Gasteiger charge is 2.25. The highest BCUT2D eigenvalue weighted by Crippen LogP contribution is 2.36. The lowest BCUT2D eigenvalue weighted by Crippen LogP contribution is -3.00. The predicted octanol–water partition coefficient (Wildman–Crippen LogP) is 2.06. The van der Waals surface area contributed by atoms with E-state index < -0.39 is 0 Å². The molecule has 0 aliphatic heterocycles. The highest BCUT2D eigenvalue weighted by molar-refractivity contribution is 6.32. The molecule has 0 saturated carbocycles. The molecule has 1 N–H and O–H groups in total. The molecule has 0 radical (unpaired) electrons. The van der Waals surface area contributed by atoms with Crippen LogP contribution in [-0.4, -0.2) is 19.3 Å². The van der Waals surface area contributed by atoms with Crippen LogP contribution in [0, 0.1) is 5.41 Å². The maximum atomic E-state index is 6.32. The van der Waals surface area contributed by atoms with E-state index in [0.717, 1.165) is 18.5 Å². The van der Waals surface area contributed by atoms with Crippen LogP contribution in [0.15, 0.2) is 12.1 Å². The monoisotopic (exact) mass is 362 g/mol. The zero-order valence-corrected chi connectivity index (χ0v) is 16.9. The summed E-state index contributed by atoms with van der Waals surface area (Å²) in [5.41, 5.74) is 1.42. The van der Waals surface area contributed by atoms with Gasteiger partial charge < -0.3 is 27.2 Å². The number of methoxy groups -OCH3 is 1. The molecule has 0 aromatic heterocycles. The third-order valence-electron chi connectivity index (χ3n) is 3.32.